The topological polar surface area (TPSA) is 12.0 Å². The van der Waals surface area contributed by atoms with Gasteiger partial charge in [0, 0.05) is 12.6 Å². The second-order valence-electron chi connectivity index (χ2n) is 4.08. The number of allylic oxidation sites excluding steroid dienone is 1. The van der Waals surface area contributed by atoms with E-state index in [9.17, 15) is 0 Å². The van der Waals surface area contributed by atoms with E-state index in [0.29, 0.717) is 10.0 Å². The minimum Gasteiger partial charge on any atom is -0.307 e. The Balaban J connectivity index is 2.62. The number of rotatable bonds is 4. The van der Waals surface area contributed by atoms with Gasteiger partial charge in [0.1, 0.15) is 0 Å². The van der Waals surface area contributed by atoms with E-state index in [4.69, 9.17) is 23.2 Å². The van der Waals surface area contributed by atoms with Crippen molar-refractivity contribution in [3.05, 3.63) is 45.5 Å². The summed E-state index contributed by atoms with van der Waals surface area (Å²) >= 11 is 11.8. The third kappa shape index (κ3) is 4.17. The van der Waals surface area contributed by atoms with Gasteiger partial charge in [0.05, 0.1) is 10.0 Å². The third-order valence-electron chi connectivity index (χ3n) is 2.38. The summed E-state index contributed by atoms with van der Waals surface area (Å²) in [7, 11) is 0. The van der Waals surface area contributed by atoms with Crippen molar-refractivity contribution >= 4 is 23.2 Å². The Labute approximate surface area is 107 Å². The molecule has 0 spiro atoms. The maximum Gasteiger partial charge on any atom is 0.0595 e. The first-order chi connectivity index (χ1) is 7.50. The van der Waals surface area contributed by atoms with Gasteiger partial charge in [-0.1, -0.05) is 40.9 Å². The molecule has 16 heavy (non-hydrogen) atoms. The van der Waals surface area contributed by atoms with Gasteiger partial charge in [0.2, 0.25) is 0 Å². The summed E-state index contributed by atoms with van der Waals surface area (Å²) < 4.78 is 0. The monoisotopic (exact) mass is 257 g/mol. The van der Waals surface area contributed by atoms with E-state index in [0.717, 1.165) is 12.1 Å². The lowest BCUT2D eigenvalue weighted by Gasteiger charge is -2.13. The first-order valence-electron chi connectivity index (χ1n) is 5.32. The lowest BCUT2D eigenvalue weighted by atomic mass is 10.1. The molecule has 3 heteroatoms. The van der Waals surface area contributed by atoms with Gasteiger partial charge in [0.25, 0.3) is 0 Å². The van der Waals surface area contributed by atoms with Gasteiger partial charge in [-0.3, -0.25) is 0 Å². The maximum absolute atomic E-state index is 5.97. The summed E-state index contributed by atoms with van der Waals surface area (Å²) in [4.78, 5) is 0. The Bertz CT molecular complexity index is 382. The molecule has 1 aromatic carbocycles. The Morgan fingerprint density at radius 1 is 1.31 bits per heavy atom. The molecule has 1 atom stereocenters. The zero-order chi connectivity index (χ0) is 12.1. The van der Waals surface area contributed by atoms with E-state index >= 15 is 0 Å². The summed E-state index contributed by atoms with van der Waals surface area (Å²) in [5.74, 6) is 0. The molecule has 88 valence electrons. The predicted octanol–water partition coefficient (Wildman–Crippen LogP) is 4.61. The van der Waals surface area contributed by atoms with Crippen LogP contribution >= 0.6 is 23.2 Å². The number of hydrogen-bond donors (Lipinski definition) is 1. The fourth-order valence-corrected chi connectivity index (χ4v) is 1.65. The van der Waals surface area contributed by atoms with Crippen molar-refractivity contribution in [3.8, 4) is 0 Å². The van der Waals surface area contributed by atoms with E-state index in [1.165, 1.54) is 5.57 Å². The van der Waals surface area contributed by atoms with Crippen molar-refractivity contribution in [2.24, 2.45) is 0 Å². The molecule has 0 aliphatic carbocycles. The Kier molecular flexibility index (Phi) is 5.33. The molecule has 0 aromatic heterocycles. The molecule has 1 N–H and O–H groups in total. The summed E-state index contributed by atoms with van der Waals surface area (Å²) in [6.45, 7) is 7.15. The normalized spacial score (nSPS) is 12.3. The molecular formula is C13H17Cl2N. The fraction of sp³-hybridized carbons (Fsp3) is 0.385. The van der Waals surface area contributed by atoms with Crippen LogP contribution in [0, 0.1) is 0 Å². The van der Waals surface area contributed by atoms with Crippen LogP contribution in [0.25, 0.3) is 0 Å². The van der Waals surface area contributed by atoms with E-state index in [-0.39, 0.29) is 6.04 Å². The van der Waals surface area contributed by atoms with Gasteiger partial charge in [-0.2, -0.15) is 0 Å². The molecule has 0 aliphatic rings. The first-order valence-corrected chi connectivity index (χ1v) is 6.08. The standard InChI is InChI=1S/C13H17Cl2N/c1-9(2)6-7-16-10(3)11-4-5-12(14)13(15)8-11/h4-6,8,10,16H,7H2,1-3H3. The van der Waals surface area contributed by atoms with E-state index in [1.54, 1.807) is 0 Å². The van der Waals surface area contributed by atoms with Gasteiger partial charge in [-0.05, 0) is 38.5 Å². The Morgan fingerprint density at radius 2 is 2.00 bits per heavy atom. The molecule has 0 heterocycles. The highest BCUT2D eigenvalue weighted by Gasteiger charge is 2.05. The zero-order valence-corrected chi connectivity index (χ0v) is 11.4. The van der Waals surface area contributed by atoms with Crippen LogP contribution in [0.5, 0.6) is 0 Å². The van der Waals surface area contributed by atoms with Gasteiger partial charge in [-0.25, -0.2) is 0 Å². The third-order valence-corrected chi connectivity index (χ3v) is 3.12. The highest BCUT2D eigenvalue weighted by molar-refractivity contribution is 6.42. The van der Waals surface area contributed by atoms with Gasteiger partial charge < -0.3 is 5.32 Å². The first kappa shape index (κ1) is 13.6. The van der Waals surface area contributed by atoms with Crippen LogP contribution in [0.1, 0.15) is 32.4 Å². The minimum atomic E-state index is 0.269. The summed E-state index contributed by atoms with van der Waals surface area (Å²) in [5.41, 5.74) is 2.46. The van der Waals surface area contributed by atoms with Gasteiger partial charge in [0.15, 0.2) is 0 Å². The average Bonchev–Trinajstić information content (AvgIpc) is 2.21. The molecule has 0 saturated carbocycles. The van der Waals surface area contributed by atoms with Crippen LogP contribution < -0.4 is 5.32 Å². The second-order valence-corrected chi connectivity index (χ2v) is 4.90. The van der Waals surface area contributed by atoms with Crippen LogP contribution in [0.3, 0.4) is 0 Å². The minimum absolute atomic E-state index is 0.269. The molecule has 1 nitrogen and oxygen atoms in total. The van der Waals surface area contributed by atoms with Crippen molar-refractivity contribution in [1.82, 2.24) is 5.32 Å². The molecule has 0 aliphatic heterocycles. The fourth-order valence-electron chi connectivity index (χ4n) is 1.34. The summed E-state index contributed by atoms with van der Waals surface area (Å²) in [6, 6.07) is 6.00. The smallest absolute Gasteiger partial charge is 0.0595 e. The molecule has 1 aromatic rings. The largest absolute Gasteiger partial charge is 0.307 e. The van der Waals surface area contributed by atoms with E-state index < -0.39 is 0 Å². The second kappa shape index (κ2) is 6.29. The molecule has 1 unspecified atom stereocenters. The van der Waals surface area contributed by atoms with Crippen LogP contribution in [0.15, 0.2) is 29.8 Å². The molecule has 1 rings (SSSR count). The highest BCUT2D eigenvalue weighted by Crippen LogP contribution is 2.25. The van der Waals surface area contributed by atoms with Gasteiger partial charge in [-0.15, -0.1) is 0 Å². The SMILES string of the molecule is CC(C)=CCNC(C)c1ccc(Cl)c(Cl)c1. The van der Waals surface area contributed by atoms with Gasteiger partial charge >= 0.3 is 0 Å². The van der Waals surface area contributed by atoms with E-state index in [2.05, 4.69) is 32.2 Å². The van der Waals surface area contributed by atoms with Crippen molar-refractivity contribution in [2.75, 3.05) is 6.54 Å². The number of nitrogens with one attached hydrogen (secondary N) is 1. The predicted molar refractivity (Wildman–Crippen MR) is 72.3 cm³/mol. The van der Waals surface area contributed by atoms with Crippen LogP contribution in [-0.2, 0) is 0 Å². The lowest BCUT2D eigenvalue weighted by molar-refractivity contribution is 0.616. The molecule has 0 saturated heterocycles. The molecule has 0 bridgehead atoms. The van der Waals surface area contributed by atoms with Crippen LogP contribution in [-0.4, -0.2) is 6.54 Å². The number of benzene rings is 1. The van der Waals surface area contributed by atoms with Crippen molar-refractivity contribution in [3.63, 3.8) is 0 Å². The molecular weight excluding hydrogens is 241 g/mol. The maximum atomic E-state index is 5.97. The number of hydrogen-bond acceptors (Lipinski definition) is 1. The highest BCUT2D eigenvalue weighted by atomic mass is 35.5. The number of halogens is 2. The molecule has 0 fully saturated rings. The Hall–Kier alpha value is -0.500. The average molecular weight is 258 g/mol. The van der Waals surface area contributed by atoms with Crippen molar-refractivity contribution in [2.45, 2.75) is 26.8 Å². The molecule has 0 amide bonds. The van der Waals surface area contributed by atoms with Crippen molar-refractivity contribution in [1.29, 1.82) is 0 Å². The molecule has 0 radical (unpaired) electrons. The Morgan fingerprint density at radius 3 is 2.56 bits per heavy atom. The van der Waals surface area contributed by atoms with Crippen LogP contribution in [0.2, 0.25) is 10.0 Å². The summed E-state index contributed by atoms with van der Waals surface area (Å²) in [6.07, 6.45) is 2.16. The van der Waals surface area contributed by atoms with E-state index in [1.807, 2.05) is 18.2 Å². The lowest BCUT2D eigenvalue weighted by Crippen LogP contribution is -2.18. The van der Waals surface area contributed by atoms with Crippen LogP contribution in [0.4, 0.5) is 0 Å². The van der Waals surface area contributed by atoms with Crippen molar-refractivity contribution < 1.29 is 0 Å². The quantitative estimate of drug-likeness (QED) is 0.777. The zero-order valence-electron chi connectivity index (χ0n) is 9.85. The summed E-state index contributed by atoms with van der Waals surface area (Å²) in [5, 5.41) is 4.60.